The van der Waals surface area contributed by atoms with E-state index in [1.54, 1.807) is 6.26 Å². The lowest BCUT2D eigenvalue weighted by Gasteiger charge is -2.31. The highest BCUT2D eigenvalue weighted by Gasteiger charge is 2.26. The number of aryl methyl sites for hydroxylation is 2. The predicted molar refractivity (Wildman–Crippen MR) is 101 cm³/mol. The van der Waals surface area contributed by atoms with Gasteiger partial charge in [-0.05, 0) is 51.8 Å². The average molecular weight is 358 g/mol. The molecule has 1 N–H and O–H groups in total. The molecule has 2 aromatic rings. The molecule has 1 aliphatic heterocycles. The van der Waals surface area contributed by atoms with Gasteiger partial charge in [0.1, 0.15) is 5.76 Å². The van der Waals surface area contributed by atoms with Gasteiger partial charge in [0.2, 0.25) is 5.91 Å². The standard InChI is InChI=1S/C20H30N4O2/c1-4-9-24-16(3)19(15(2)22-24)12-21-20(25)17-7-5-10-23(13-17)14-18-8-6-11-26-18/h6,8,11,17H,4-5,7,9-10,12-14H2,1-3H3,(H,21,25)/t17-/m0/s1. The van der Waals surface area contributed by atoms with Crippen LogP contribution in [0, 0.1) is 19.8 Å². The second-order valence-corrected chi connectivity index (χ2v) is 7.24. The van der Waals surface area contributed by atoms with Gasteiger partial charge in [0.15, 0.2) is 0 Å². The number of hydrogen-bond acceptors (Lipinski definition) is 4. The van der Waals surface area contributed by atoms with Crippen molar-refractivity contribution in [1.82, 2.24) is 20.0 Å². The fourth-order valence-electron chi connectivity index (χ4n) is 3.78. The van der Waals surface area contributed by atoms with Crippen molar-refractivity contribution in [2.24, 2.45) is 5.92 Å². The summed E-state index contributed by atoms with van der Waals surface area (Å²) in [5.41, 5.74) is 3.32. The molecule has 1 fully saturated rings. The Labute approximate surface area is 155 Å². The van der Waals surface area contributed by atoms with Gasteiger partial charge in [-0.25, -0.2) is 0 Å². The Morgan fingerprint density at radius 3 is 3.00 bits per heavy atom. The summed E-state index contributed by atoms with van der Waals surface area (Å²) in [6, 6.07) is 3.90. The van der Waals surface area contributed by atoms with Gasteiger partial charge in [-0.3, -0.25) is 14.4 Å². The van der Waals surface area contributed by atoms with E-state index in [2.05, 4.69) is 29.2 Å². The summed E-state index contributed by atoms with van der Waals surface area (Å²) in [5, 5.41) is 7.73. The van der Waals surface area contributed by atoms with Crippen molar-refractivity contribution in [2.45, 2.75) is 59.7 Å². The Hall–Kier alpha value is -2.08. The van der Waals surface area contributed by atoms with Crippen LogP contribution in [0.2, 0.25) is 0 Å². The zero-order chi connectivity index (χ0) is 18.5. The molecule has 0 aliphatic carbocycles. The maximum Gasteiger partial charge on any atom is 0.224 e. The summed E-state index contributed by atoms with van der Waals surface area (Å²) in [6.45, 7) is 10.3. The van der Waals surface area contributed by atoms with Crippen molar-refractivity contribution < 1.29 is 9.21 Å². The third-order valence-corrected chi connectivity index (χ3v) is 5.24. The van der Waals surface area contributed by atoms with Gasteiger partial charge >= 0.3 is 0 Å². The third-order valence-electron chi connectivity index (χ3n) is 5.24. The lowest BCUT2D eigenvalue weighted by atomic mass is 9.97. The molecule has 0 saturated carbocycles. The largest absolute Gasteiger partial charge is 0.468 e. The van der Waals surface area contributed by atoms with Crippen LogP contribution >= 0.6 is 0 Å². The summed E-state index contributed by atoms with van der Waals surface area (Å²) in [6.07, 6.45) is 4.76. The van der Waals surface area contributed by atoms with Crippen molar-refractivity contribution in [3.05, 3.63) is 41.1 Å². The lowest BCUT2D eigenvalue weighted by molar-refractivity contribution is -0.127. The Bertz CT molecular complexity index is 721. The minimum absolute atomic E-state index is 0.0463. The van der Waals surface area contributed by atoms with E-state index >= 15 is 0 Å². The molecule has 6 heteroatoms. The van der Waals surface area contributed by atoms with Gasteiger partial charge in [-0.15, -0.1) is 0 Å². The molecule has 0 radical (unpaired) electrons. The van der Waals surface area contributed by atoms with Gasteiger partial charge in [0.25, 0.3) is 0 Å². The molecular weight excluding hydrogens is 328 g/mol. The number of carbonyl (C=O) groups is 1. The van der Waals surface area contributed by atoms with Gasteiger partial charge in [-0.2, -0.15) is 5.10 Å². The van der Waals surface area contributed by atoms with Crippen LogP contribution in [0.4, 0.5) is 0 Å². The maximum atomic E-state index is 12.7. The van der Waals surface area contributed by atoms with Crippen LogP contribution in [0.3, 0.4) is 0 Å². The number of hydrogen-bond donors (Lipinski definition) is 1. The van der Waals surface area contributed by atoms with Crippen molar-refractivity contribution in [1.29, 1.82) is 0 Å². The lowest BCUT2D eigenvalue weighted by Crippen LogP contribution is -2.42. The maximum absolute atomic E-state index is 12.7. The third kappa shape index (κ3) is 4.36. The van der Waals surface area contributed by atoms with Gasteiger partial charge < -0.3 is 9.73 Å². The first kappa shape index (κ1) is 18.7. The molecule has 2 aromatic heterocycles. The zero-order valence-electron chi connectivity index (χ0n) is 16.1. The highest BCUT2D eigenvalue weighted by atomic mass is 16.3. The molecule has 142 valence electrons. The van der Waals surface area contributed by atoms with E-state index in [1.165, 1.54) is 0 Å². The highest BCUT2D eigenvalue weighted by Crippen LogP contribution is 2.20. The molecule has 1 saturated heterocycles. The summed E-state index contributed by atoms with van der Waals surface area (Å²) in [7, 11) is 0. The summed E-state index contributed by atoms with van der Waals surface area (Å²) in [5.74, 6) is 1.15. The molecule has 6 nitrogen and oxygen atoms in total. The molecule has 0 bridgehead atoms. The zero-order valence-corrected chi connectivity index (χ0v) is 16.1. The second-order valence-electron chi connectivity index (χ2n) is 7.24. The van der Waals surface area contributed by atoms with Crippen molar-refractivity contribution in [3.63, 3.8) is 0 Å². The average Bonchev–Trinajstić information content (AvgIpc) is 3.22. The van der Waals surface area contributed by atoms with Crippen LogP contribution in [-0.2, 0) is 24.4 Å². The fourth-order valence-corrected chi connectivity index (χ4v) is 3.78. The van der Waals surface area contributed by atoms with E-state index in [1.807, 2.05) is 23.7 Å². The first-order chi connectivity index (χ1) is 12.6. The summed E-state index contributed by atoms with van der Waals surface area (Å²) < 4.78 is 7.48. The van der Waals surface area contributed by atoms with Crippen molar-refractivity contribution in [2.75, 3.05) is 13.1 Å². The van der Waals surface area contributed by atoms with Gasteiger partial charge in [0.05, 0.1) is 24.4 Å². The number of amides is 1. The number of aromatic nitrogens is 2. The molecular formula is C20H30N4O2. The van der Waals surface area contributed by atoms with Crippen LogP contribution in [0.25, 0.3) is 0 Å². The molecule has 0 unspecified atom stereocenters. The second kappa shape index (κ2) is 8.54. The topological polar surface area (TPSA) is 63.3 Å². The Kier molecular flexibility index (Phi) is 6.14. The number of nitrogens with one attached hydrogen (secondary N) is 1. The monoisotopic (exact) mass is 358 g/mol. The molecule has 1 amide bonds. The minimum atomic E-state index is 0.0463. The SMILES string of the molecule is CCCn1nc(C)c(CNC(=O)[C@H]2CCCN(Cc3ccco3)C2)c1C. The molecule has 1 aliphatic rings. The molecule has 26 heavy (non-hydrogen) atoms. The van der Waals surface area contributed by atoms with Crippen molar-refractivity contribution >= 4 is 5.91 Å². The van der Waals surface area contributed by atoms with Gasteiger partial charge in [0, 0.05) is 30.9 Å². The van der Waals surface area contributed by atoms with Gasteiger partial charge in [-0.1, -0.05) is 6.92 Å². The Morgan fingerprint density at radius 2 is 2.27 bits per heavy atom. The number of piperidine rings is 1. The molecule has 0 spiro atoms. The quantitative estimate of drug-likeness (QED) is 0.826. The summed E-state index contributed by atoms with van der Waals surface area (Å²) in [4.78, 5) is 15.0. The van der Waals surface area contributed by atoms with Crippen molar-refractivity contribution in [3.8, 4) is 0 Å². The molecule has 0 aromatic carbocycles. The fraction of sp³-hybridized carbons (Fsp3) is 0.600. The van der Waals surface area contributed by atoms with Crippen LogP contribution in [0.1, 0.15) is 48.9 Å². The molecule has 3 rings (SSSR count). The number of likely N-dealkylation sites (tertiary alicyclic amines) is 1. The van der Waals surface area contributed by atoms with E-state index in [0.29, 0.717) is 6.54 Å². The number of carbonyl (C=O) groups excluding carboxylic acids is 1. The predicted octanol–water partition coefficient (Wildman–Crippen LogP) is 3.03. The first-order valence-corrected chi connectivity index (χ1v) is 9.63. The minimum Gasteiger partial charge on any atom is -0.468 e. The number of rotatable bonds is 7. The van der Waals surface area contributed by atoms with E-state index in [4.69, 9.17) is 4.42 Å². The summed E-state index contributed by atoms with van der Waals surface area (Å²) >= 11 is 0. The van der Waals surface area contributed by atoms with E-state index in [-0.39, 0.29) is 11.8 Å². The number of furan rings is 1. The van der Waals surface area contributed by atoms with Crippen LogP contribution in [0.5, 0.6) is 0 Å². The van der Waals surface area contributed by atoms with Crippen LogP contribution in [0.15, 0.2) is 22.8 Å². The normalized spacial score (nSPS) is 18.2. The Balaban J connectivity index is 1.54. The molecule has 3 heterocycles. The van der Waals surface area contributed by atoms with Crippen LogP contribution in [-0.4, -0.2) is 33.7 Å². The number of nitrogens with zero attached hydrogens (tertiary/aromatic N) is 3. The van der Waals surface area contributed by atoms with E-state index in [0.717, 1.165) is 68.2 Å². The van der Waals surface area contributed by atoms with Crippen LogP contribution < -0.4 is 5.32 Å². The Morgan fingerprint density at radius 1 is 1.42 bits per heavy atom. The smallest absolute Gasteiger partial charge is 0.224 e. The van der Waals surface area contributed by atoms with E-state index < -0.39 is 0 Å². The highest BCUT2D eigenvalue weighted by molar-refractivity contribution is 5.79. The molecule has 1 atom stereocenters. The van der Waals surface area contributed by atoms with E-state index in [9.17, 15) is 4.79 Å². The first-order valence-electron chi connectivity index (χ1n) is 9.63.